The number of likely N-dealkylation sites (tertiary alicyclic amines) is 1. The zero-order chi connectivity index (χ0) is 17.1. The van der Waals surface area contributed by atoms with Crippen LogP contribution in [0.1, 0.15) is 12.8 Å². The van der Waals surface area contributed by atoms with Gasteiger partial charge in [-0.3, -0.25) is 4.90 Å². The maximum atomic E-state index is 5.89. The fourth-order valence-electron chi connectivity index (χ4n) is 3.29. The van der Waals surface area contributed by atoms with E-state index in [1.807, 2.05) is 6.07 Å². The molecule has 0 spiro atoms. The van der Waals surface area contributed by atoms with Crippen LogP contribution in [0.4, 0.5) is 0 Å². The van der Waals surface area contributed by atoms with Crippen molar-refractivity contribution in [1.82, 2.24) is 4.90 Å². The van der Waals surface area contributed by atoms with Crippen LogP contribution in [0.15, 0.2) is 48.5 Å². The molecule has 1 fully saturated rings. The van der Waals surface area contributed by atoms with E-state index in [0.717, 1.165) is 24.7 Å². The van der Waals surface area contributed by atoms with Gasteiger partial charge in [-0.05, 0) is 85.4 Å². The predicted octanol–water partition coefficient (Wildman–Crippen LogP) is 5.05. The SMILES string of the molecule is COc1ccc2cc(-c3ccc(OCCN4CCCC4)cc3)sc2c1. The second kappa shape index (κ2) is 7.46. The van der Waals surface area contributed by atoms with Gasteiger partial charge in [-0.15, -0.1) is 11.3 Å². The van der Waals surface area contributed by atoms with Crippen molar-refractivity contribution in [2.45, 2.75) is 12.8 Å². The summed E-state index contributed by atoms with van der Waals surface area (Å²) >= 11 is 1.79. The fourth-order valence-corrected chi connectivity index (χ4v) is 4.39. The smallest absolute Gasteiger partial charge is 0.120 e. The summed E-state index contributed by atoms with van der Waals surface area (Å²) in [6.07, 6.45) is 2.66. The molecule has 0 N–H and O–H groups in total. The Bertz CT molecular complexity index is 835. The van der Waals surface area contributed by atoms with Crippen molar-refractivity contribution in [3.8, 4) is 21.9 Å². The van der Waals surface area contributed by atoms with E-state index in [9.17, 15) is 0 Å². The molecule has 0 saturated carbocycles. The van der Waals surface area contributed by atoms with Gasteiger partial charge in [-0.25, -0.2) is 0 Å². The number of fused-ring (bicyclic) bond motifs is 1. The third kappa shape index (κ3) is 3.80. The minimum atomic E-state index is 0.766. The minimum absolute atomic E-state index is 0.766. The van der Waals surface area contributed by atoms with Crippen molar-refractivity contribution >= 4 is 21.4 Å². The molecule has 0 radical (unpaired) electrons. The van der Waals surface area contributed by atoms with Gasteiger partial charge in [0, 0.05) is 16.1 Å². The van der Waals surface area contributed by atoms with Crippen LogP contribution in [0.25, 0.3) is 20.5 Å². The van der Waals surface area contributed by atoms with Crippen molar-refractivity contribution in [3.05, 3.63) is 48.5 Å². The lowest BCUT2D eigenvalue weighted by Gasteiger charge is -2.14. The first-order chi connectivity index (χ1) is 12.3. The largest absolute Gasteiger partial charge is 0.497 e. The first kappa shape index (κ1) is 16.4. The van der Waals surface area contributed by atoms with Crippen LogP contribution in [0.3, 0.4) is 0 Å². The Morgan fingerprint density at radius 1 is 0.960 bits per heavy atom. The highest BCUT2D eigenvalue weighted by molar-refractivity contribution is 7.22. The predicted molar refractivity (Wildman–Crippen MR) is 105 cm³/mol. The lowest BCUT2D eigenvalue weighted by molar-refractivity contribution is 0.238. The third-order valence-electron chi connectivity index (χ3n) is 4.74. The monoisotopic (exact) mass is 353 g/mol. The third-order valence-corrected chi connectivity index (χ3v) is 5.89. The molecule has 3 nitrogen and oxygen atoms in total. The van der Waals surface area contributed by atoms with Gasteiger partial charge in [-0.2, -0.15) is 0 Å². The molecule has 0 atom stereocenters. The second-order valence-corrected chi connectivity index (χ2v) is 7.52. The number of nitrogens with zero attached hydrogens (tertiary/aromatic N) is 1. The maximum Gasteiger partial charge on any atom is 0.120 e. The van der Waals surface area contributed by atoms with Crippen LogP contribution < -0.4 is 9.47 Å². The average Bonchev–Trinajstić information content (AvgIpc) is 3.31. The van der Waals surface area contributed by atoms with Crippen LogP contribution in [-0.4, -0.2) is 38.3 Å². The molecule has 0 amide bonds. The van der Waals surface area contributed by atoms with Crippen molar-refractivity contribution in [3.63, 3.8) is 0 Å². The van der Waals surface area contributed by atoms with E-state index in [2.05, 4.69) is 47.4 Å². The second-order valence-electron chi connectivity index (χ2n) is 6.44. The summed E-state index contributed by atoms with van der Waals surface area (Å²) in [4.78, 5) is 3.74. The molecule has 0 unspecified atom stereocenters. The molecule has 2 heterocycles. The molecule has 4 rings (SSSR count). The molecule has 4 heteroatoms. The van der Waals surface area contributed by atoms with Crippen LogP contribution in [0.2, 0.25) is 0 Å². The quantitative estimate of drug-likeness (QED) is 0.619. The molecular weight excluding hydrogens is 330 g/mol. The van der Waals surface area contributed by atoms with E-state index >= 15 is 0 Å². The Labute approximate surface area is 152 Å². The van der Waals surface area contributed by atoms with Crippen LogP contribution >= 0.6 is 11.3 Å². The molecule has 25 heavy (non-hydrogen) atoms. The summed E-state index contributed by atoms with van der Waals surface area (Å²) in [6.45, 7) is 4.24. The Morgan fingerprint density at radius 3 is 2.48 bits per heavy atom. The van der Waals surface area contributed by atoms with Gasteiger partial charge in [0.1, 0.15) is 18.1 Å². The van der Waals surface area contributed by atoms with Gasteiger partial charge in [-0.1, -0.05) is 0 Å². The average molecular weight is 353 g/mol. The summed E-state index contributed by atoms with van der Waals surface area (Å²) in [5.41, 5.74) is 1.23. The van der Waals surface area contributed by atoms with Gasteiger partial charge >= 0.3 is 0 Å². The number of hydrogen-bond donors (Lipinski definition) is 0. The normalized spacial score (nSPS) is 14.9. The number of benzene rings is 2. The minimum Gasteiger partial charge on any atom is -0.497 e. The molecule has 0 aliphatic carbocycles. The molecule has 1 aliphatic heterocycles. The zero-order valence-electron chi connectivity index (χ0n) is 14.5. The molecule has 1 aromatic heterocycles. The standard InChI is InChI=1S/C21H23NO2S/c1-23-19-9-6-17-14-20(25-21(17)15-19)16-4-7-18(8-5-16)24-13-12-22-10-2-3-11-22/h4-9,14-15H,2-3,10-13H2,1H3. The molecule has 130 valence electrons. The zero-order valence-corrected chi connectivity index (χ0v) is 15.3. The van der Waals surface area contributed by atoms with Crippen LogP contribution in [0.5, 0.6) is 11.5 Å². The first-order valence-electron chi connectivity index (χ1n) is 8.85. The number of thiophene rings is 1. The summed E-state index contributed by atoms with van der Waals surface area (Å²) in [6, 6.07) is 16.9. The molecule has 3 aromatic rings. The summed E-state index contributed by atoms with van der Waals surface area (Å²) in [7, 11) is 1.71. The Balaban J connectivity index is 1.42. The maximum absolute atomic E-state index is 5.89. The van der Waals surface area contributed by atoms with Crippen molar-refractivity contribution in [2.24, 2.45) is 0 Å². The summed E-state index contributed by atoms with van der Waals surface area (Å²) in [5, 5.41) is 1.26. The van der Waals surface area contributed by atoms with E-state index in [-0.39, 0.29) is 0 Å². The highest BCUT2D eigenvalue weighted by atomic mass is 32.1. The van der Waals surface area contributed by atoms with Crippen molar-refractivity contribution in [1.29, 1.82) is 0 Å². The van der Waals surface area contributed by atoms with E-state index in [4.69, 9.17) is 9.47 Å². The Hall–Kier alpha value is -2.04. The number of rotatable bonds is 6. The summed E-state index contributed by atoms with van der Waals surface area (Å²) < 4.78 is 12.5. The van der Waals surface area contributed by atoms with Gasteiger partial charge in [0.05, 0.1) is 7.11 Å². The fraction of sp³-hybridized carbons (Fsp3) is 0.333. The number of ether oxygens (including phenoxy) is 2. The van der Waals surface area contributed by atoms with Gasteiger partial charge in [0.25, 0.3) is 0 Å². The molecule has 1 saturated heterocycles. The van der Waals surface area contributed by atoms with Crippen LogP contribution in [-0.2, 0) is 0 Å². The highest BCUT2D eigenvalue weighted by Gasteiger charge is 2.11. The van der Waals surface area contributed by atoms with E-state index in [0.29, 0.717) is 0 Å². The van der Waals surface area contributed by atoms with E-state index < -0.39 is 0 Å². The topological polar surface area (TPSA) is 21.7 Å². The van der Waals surface area contributed by atoms with E-state index in [1.165, 1.54) is 46.5 Å². The van der Waals surface area contributed by atoms with Gasteiger partial charge in [0.15, 0.2) is 0 Å². The van der Waals surface area contributed by atoms with Crippen molar-refractivity contribution < 1.29 is 9.47 Å². The Kier molecular flexibility index (Phi) is 4.90. The highest BCUT2D eigenvalue weighted by Crippen LogP contribution is 2.35. The molecule has 1 aliphatic rings. The van der Waals surface area contributed by atoms with Gasteiger partial charge in [0.2, 0.25) is 0 Å². The summed E-state index contributed by atoms with van der Waals surface area (Å²) in [5.74, 6) is 1.85. The number of methoxy groups -OCH3 is 1. The van der Waals surface area contributed by atoms with E-state index in [1.54, 1.807) is 18.4 Å². The van der Waals surface area contributed by atoms with Crippen LogP contribution in [0, 0.1) is 0 Å². The lowest BCUT2D eigenvalue weighted by atomic mass is 10.1. The first-order valence-corrected chi connectivity index (χ1v) is 9.67. The molecular formula is C21H23NO2S. The molecule has 2 aromatic carbocycles. The lowest BCUT2D eigenvalue weighted by Crippen LogP contribution is -2.25. The molecule has 0 bridgehead atoms. The van der Waals surface area contributed by atoms with Crippen molar-refractivity contribution in [2.75, 3.05) is 33.4 Å². The number of hydrogen-bond acceptors (Lipinski definition) is 4. The van der Waals surface area contributed by atoms with Gasteiger partial charge < -0.3 is 9.47 Å². The Morgan fingerprint density at radius 2 is 1.72 bits per heavy atom.